The number of benzene rings is 2. The van der Waals surface area contributed by atoms with Crippen LogP contribution in [0.3, 0.4) is 0 Å². The Hall–Kier alpha value is -1.73. The highest BCUT2D eigenvalue weighted by atomic mass is 35.5. The molecule has 92 valence electrons. The largest absolute Gasteiger partial charge is 0.306 e. The normalized spacial score (nSPS) is 10.8. The Morgan fingerprint density at radius 2 is 1.78 bits per heavy atom. The summed E-state index contributed by atoms with van der Waals surface area (Å²) < 4.78 is 0. The lowest BCUT2D eigenvalue weighted by molar-refractivity contribution is 1.36. The summed E-state index contributed by atoms with van der Waals surface area (Å²) in [6.07, 6.45) is 3.73. The van der Waals surface area contributed by atoms with Gasteiger partial charge in [0.05, 0.1) is 0 Å². The van der Waals surface area contributed by atoms with Crippen LogP contribution in [0, 0.1) is 0 Å². The second-order valence-electron chi connectivity index (χ2n) is 4.42. The molecule has 0 bridgehead atoms. The minimum Gasteiger partial charge on any atom is -0.306 e. The smallest absolute Gasteiger partial charge is 0.0134 e. The van der Waals surface area contributed by atoms with Gasteiger partial charge in [-0.1, -0.05) is 42.0 Å². The van der Waals surface area contributed by atoms with Crippen LogP contribution in [0.4, 0.5) is 0 Å². The van der Waals surface area contributed by atoms with E-state index in [0.29, 0.717) is 0 Å². The fourth-order valence-corrected chi connectivity index (χ4v) is 2.09. The van der Waals surface area contributed by atoms with Crippen molar-refractivity contribution in [2.75, 3.05) is 0 Å². The van der Waals surface area contributed by atoms with E-state index in [9.17, 15) is 0 Å². The van der Waals surface area contributed by atoms with Crippen LogP contribution >= 0.6 is 11.8 Å². The van der Waals surface area contributed by atoms with Gasteiger partial charge in [-0.05, 0) is 47.9 Å². The predicted molar refractivity (Wildman–Crippen MR) is 80.3 cm³/mol. The third-order valence-corrected chi connectivity index (χ3v) is 3.04. The molecule has 0 amide bonds. The van der Waals surface area contributed by atoms with Gasteiger partial charge in [0.15, 0.2) is 0 Å². The minimum atomic E-state index is 1.19. The van der Waals surface area contributed by atoms with Crippen molar-refractivity contribution in [2.24, 2.45) is 0 Å². The number of rotatable bonds is 3. The van der Waals surface area contributed by atoms with Gasteiger partial charge in [0.25, 0.3) is 0 Å². The maximum Gasteiger partial charge on any atom is 0.0134 e. The standard InChI is InChI=1S/C16H16ClN/c1-12(2)16(9-10-18-17)15-8-7-13-5-3-4-6-14(13)11-15/h3-11,18H,1-2H3/b10-9-. The average Bonchev–Trinajstić information content (AvgIpc) is 2.38. The molecule has 0 atom stereocenters. The van der Waals surface area contributed by atoms with Crippen molar-refractivity contribution < 1.29 is 0 Å². The van der Waals surface area contributed by atoms with E-state index in [1.807, 2.05) is 6.08 Å². The lowest BCUT2D eigenvalue weighted by Gasteiger charge is -2.07. The molecule has 0 aliphatic heterocycles. The van der Waals surface area contributed by atoms with Gasteiger partial charge in [0.2, 0.25) is 0 Å². The number of hydrogen-bond acceptors (Lipinski definition) is 1. The Morgan fingerprint density at radius 3 is 2.44 bits per heavy atom. The molecular weight excluding hydrogens is 242 g/mol. The van der Waals surface area contributed by atoms with Gasteiger partial charge in [-0.2, -0.15) is 0 Å². The maximum atomic E-state index is 5.47. The molecule has 2 aromatic rings. The molecule has 0 aliphatic rings. The molecule has 0 spiro atoms. The van der Waals surface area contributed by atoms with E-state index in [4.69, 9.17) is 11.8 Å². The Kier molecular flexibility index (Phi) is 4.06. The maximum absolute atomic E-state index is 5.47. The fraction of sp³-hybridized carbons (Fsp3) is 0.125. The molecule has 2 heteroatoms. The zero-order valence-electron chi connectivity index (χ0n) is 10.6. The van der Waals surface area contributed by atoms with Crippen LogP contribution in [-0.4, -0.2) is 0 Å². The van der Waals surface area contributed by atoms with Crippen LogP contribution in [0.25, 0.3) is 16.3 Å². The van der Waals surface area contributed by atoms with Crippen LogP contribution in [0.1, 0.15) is 19.4 Å². The van der Waals surface area contributed by atoms with Crippen molar-refractivity contribution in [3.8, 4) is 0 Å². The number of halogens is 1. The molecule has 18 heavy (non-hydrogen) atoms. The van der Waals surface area contributed by atoms with E-state index >= 15 is 0 Å². The Morgan fingerprint density at radius 1 is 1.06 bits per heavy atom. The quantitative estimate of drug-likeness (QED) is 0.610. The van der Waals surface area contributed by atoms with Crippen molar-refractivity contribution in [3.05, 3.63) is 65.9 Å². The summed E-state index contributed by atoms with van der Waals surface area (Å²) in [6, 6.07) is 14.9. The molecule has 0 radical (unpaired) electrons. The van der Waals surface area contributed by atoms with E-state index in [0.717, 1.165) is 0 Å². The van der Waals surface area contributed by atoms with E-state index in [1.165, 1.54) is 27.5 Å². The highest BCUT2D eigenvalue weighted by Crippen LogP contribution is 2.24. The van der Waals surface area contributed by atoms with Crippen molar-refractivity contribution >= 4 is 28.1 Å². The van der Waals surface area contributed by atoms with Gasteiger partial charge < -0.3 is 4.84 Å². The van der Waals surface area contributed by atoms with Crippen LogP contribution in [-0.2, 0) is 0 Å². The van der Waals surface area contributed by atoms with Crippen LogP contribution in [0.5, 0.6) is 0 Å². The van der Waals surface area contributed by atoms with E-state index in [2.05, 4.69) is 61.1 Å². The van der Waals surface area contributed by atoms with Gasteiger partial charge in [-0.3, -0.25) is 0 Å². The highest BCUT2D eigenvalue weighted by Gasteiger charge is 2.01. The lowest BCUT2D eigenvalue weighted by atomic mass is 9.98. The Labute approximate surface area is 113 Å². The minimum absolute atomic E-state index is 1.19. The molecule has 0 aliphatic carbocycles. The second kappa shape index (κ2) is 5.74. The van der Waals surface area contributed by atoms with Gasteiger partial charge in [0, 0.05) is 18.0 Å². The summed E-state index contributed by atoms with van der Waals surface area (Å²) in [4.78, 5) is 2.52. The van der Waals surface area contributed by atoms with Crippen molar-refractivity contribution in [2.45, 2.75) is 13.8 Å². The van der Waals surface area contributed by atoms with Crippen LogP contribution in [0.2, 0.25) is 0 Å². The third-order valence-electron chi connectivity index (χ3n) is 2.91. The predicted octanol–water partition coefficient (Wildman–Crippen LogP) is 4.89. The SMILES string of the molecule is CC(C)=C(/C=C\NCl)c1ccc2ccccc2c1. The van der Waals surface area contributed by atoms with Gasteiger partial charge in [0.1, 0.15) is 0 Å². The molecule has 2 rings (SSSR count). The number of allylic oxidation sites excluding steroid dienone is 3. The highest BCUT2D eigenvalue weighted by molar-refractivity contribution is 6.14. The van der Waals surface area contributed by atoms with Crippen molar-refractivity contribution in [3.63, 3.8) is 0 Å². The Balaban J connectivity index is 2.52. The average molecular weight is 258 g/mol. The molecule has 2 aromatic carbocycles. The summed E-state index contributed by atoms with van der Waals surface area (Å²) in [7, 11) is 0. The first kappa shape index (κ1) is 12.7. The van der Waals surface area contributed by atoms with Crippen molar-refractivity contribution in [1.82, 2.24) is 4.84 Å². The van der Waals surface area contributed by atoms with Crippen LogP contribution < -0.4 is 4.84 Å². The summed E-state index contributed by atoms with van der Waals surface area (Å²) in [5.74, 6) is 0. The van der Waals surface area contributed by atoms with Crippen molar-refractivity contribution in [1.29, 1.82) is 0 Å². The number of fused-ring (bicyclic) bond motifs is 1. The summed E-state index contributed by atoms with van der Waals surface area (Å²) in [6.45, 7) is 4.20. The molecule has 0 fully saturated rings. The molecule has 0 heterocycles. The summed E-state index contributed by atoms with van der Waals surface area (Å²) in [5.41, 5.74) is 3.65. The molecule has 1 nitrogen and oxygen atoms in total. The molecule has 0 saturated carbocycles. The topological polar surface area (TPSA) is 12.0 Å². The molecule has 0 unspecified atom stereocenters. The van der Waals surface area contributed by atoms with Gasteiger partial charge >= 0.3 is 0 Å². The monoisotopic (exact) mass is 257 g/mol. The van der Waals surface area contributed by atoms with Gasteiger partial charge in [-0.15, -0.1) is 0 Å². The van der Waals surface area contributed by atoms with Gasteiger partial charge in [-0.25, -0.2) is 0 Å². The lowest BCUT2D eigenvalue weighted by Crippen LogP contribution is -1.88. The van der Waals surface area contributed by atoms with E-state index in [1.54, 1.807) is 6.20 Å². The van der Waals surface area contributed by atoms with Crippen LogP contribution in [0.15, 0.2) is 60.3 Å². The fourth-order valence-electron chi connectivity index (χ4n) is 2.02. The number of nitrogens with one attached hydrogen (secondary N) is 1. The second-order valence-corrected chi connectivity index (χ2v) is 4.64. The first-order valence-corrected chi connectivity index (χ1v) is 6.29. The molecule has 0 saturated heterocycles. The van der Waals surface area contributed by atoms with E-state index < -0.39 is 0 Å². The third kappa shape index (κ3) is 2.74. The molecule has 0 aromatic heterocycles. The van der Waals surface area contributed by atoms with E-state index in [-0.39, 0.29) is 0 Å². The first-order valence-electron chi connectivity index (χ1n) is 5.92. The molecular formula is C16H16ClN. The summed E-state index contributed by atoms with van der Waals surface area (Å²) >= 11 is 5.47. The Bertz CT molecular complexity index is 607. The zero-order chi connectivity index (χ0) is 13.0. The number of hydrogen-bond donors (Lipinski definition) is 1. The summed E-state index contributed by atoms with van der Waals surface area (Å²) in [5, 5.41) is 2.51. The first-order chi connectivity index (χ1) is 8.72. The molecule has 1 N–H and O–H groups in total. The zero-order valence-corrected chi connectivity index (χ0v) is 11.3.